The number of nitrogens with one attached hydrogen (secondary N) is 1. The van der Waals surface area contributed by atoms with E-state index in [4.69, 9.17) is 9.84 Å². The van der Waals surface area contributed by atoms with Crippen LogP contribution in [0.15, 0.2) is 0 Å². The summed E-state index contributed by atoms with van der Waals surface area (Å²) in [5.74, 6) is -1.42. The minimum absolute atomic E-state index is 0.328. The van der Waals surface area contributed by atoms with Crippen LogP contribution >= 0.6 is 0 Å². The zero-order chi connectivity index (χ0) is 13.1. The SMILES string of the molecule is CC(C(=O)O)S(=O)(=O)NC1(CO)CCOCC1. The van der Waals surface area contributed by atoms with Crippen LogP contribution in [0.1, 0.15) is 19.8 Å². The van der Waals surface area contributed by atoms with E-state index in [0.717, 1.165) is 6.92 Å². The van der Waals surface area contributed by atoms with Crippen molar-refractivity contribution in [2.45, 2.75) is 30.6 Å². The Hall–Kier alpha value is -0.700. The molecule has 0 aliphatic carbocycles. The summed E-state index contributed by atoms with van der Waals surface area (Å²) in [5, 5.41) is 16.4. The van der Waals surface area contributed by atoms with Crippen LogP contribution < -0.4 is 4.72 Å². The highest BCUT2D eigenvalue weighted by molar-refractivity contribution is 7.90. The number of hydrogen-bond donors (Lipinski definition) is 3. The van der Waals surface area contributed by atoms with Gasteiger partial charge in [0.15, 0.2) is 5.25 Å². The van der Waals surface area contributed by atoms with Crippen molar-refractivity contribution in [2.24, 2.45) is 0 Å². The Kier molecular flexibility index (Phi) is 4.48. The fourth-order valence-corrected chi connectivity index (χ4v) is 2.89. The van der Waals surface area contributed by atoms with Crippen molar-refractivity contribution in [2.75, 3.05) is 19.8 Å². The molecule has 0 aromatic heterocycles. The number of sulfonamides is 1. The van der Waals surface area contributed by atoms with E-state index < -0.39 is 26.8 Å². The van der Waals surface area contributed by atoms with Crippen molar-refractivity contribution in [3.63, 3.8) is 0 Å². The molecule has 1 unspecified atom stereocenters. The van der Waals surface area contributed by atoms with Gasteiger partial charge >= 0.3 is 5.97 Å². The molecule has 1 atom stereocenters. The average molecular weight is 267 g/mol. The first-order valence-electron chi connectivity index (χ1n) is 5.27. The van der Waals surface area contributed by atoms with Crippen LogP contribution in [0.3, 0.4) is 0 Å². The Bertz CT molecular complexity index is 373. The van der Waals surface area contributed by atoms with Crippen molar-refractivity contribution in [3.8, 4) is 0 Å². The summed E-state index contributed by atoms with van der Waals surface area (Å²) in [5.41, 5.74) is -0.999. The van der Waals surface area contributed by atoms with Crippen molar-refractivity contribution in [1.82, 2.24) is 4.72 Å². The van der Waals surface area contributed by atoms with Crippen molar-refractivity contribution < 1.29 is 28.2 Å². The molecule has 0 spiro atoms. The molecule has 0 aromatic carbocycles. The van der Waals surface area contributed by atoms with Gasteiger partial charge in [-0.15, -0.1) is 0 Å². The van der Waals surface area contributed by atoms with Gasteiger partial charge in [-0.05, 0) is 19.8 Å². The number of hydrogen-bond acceptors (Lipinski definition) is 5. The Morgan fingerprint density at radius 3 is 2.41 bits per heavy atom. The third-order valence-corrected chi connectivity index (χ3v) is 4.77. The van der Waals surface area contributed by atoms with Gasteiger partial charge in [0.25, 0.3) is 0 Å². The molecule has 100 valence electrons. The van der Waals surface area contributed by atoms with Crippen molar-refractivity contribution in [3.05, 3.63) is 0 Å². The van der Waals surface area contributed by atoms with Crippen LogP contribution in [-0.4, -0.2) is 55.2 Å². The number of aliphatic carboxylic acids is 1. The standard InChI is InChI=1S/C9H17NO6S/c1-7(8(12)13)17(14,15)10-9(6-11)2-4-16-5-3-9/h7,10-11H,2-6H2,1H3,(H,12,13). The fraction of sp³-hybridized carbons (Fsp3) is 0.889. The largest absolute Gasteiger partial charge is 0.480 e. The highest BCUT2D eigenvalue weighted by Gasteiger charge is 2.39. The normalized spacial score (nSPS) is 22.0. The van der Waals surface area contributed by atoms with Crippen LogP contribution in [0.4, 0.5) is 0 Å². The summed E-state index contributed by atoms with van der Waals surface area (Å²) in [6.45, 7) is 1.39. The summed E-state index contributed by atoms with van der Waals surface area (Å²) < 4.78 is 30.9. The van der Waals surface area contributed by atoms with Gasteiger partial charge in [-0.1, -0.05) is 0 Å². The van der Waals surface area contributed by atoms with E-state index in [1.807, 2.05) is 0 Å². The molecule has 0 amide bonds. The highest BCUT2D eigenvalue weighted by atomic mass is 32.2. The molecule has 8 heteroatoms. The van der Waals surface area contributed by atoms with Crippen molar-refractivity contribution >= 4 is 16.0 Å². The maximum Gasteiger partial charge on any atom is 0.323 e. The number of aliphatic hydroxyl groups is 1. The second-order valence-corrected chi connectivity index (χ2v) is 6.18. The zero-order valence-electron chi connectivity index (χ0n) is 9.55. The van der Waals surface area contributed by atoms with Gasteiger partial charge in [-0.3, -0.25) is 4.79 Å². The molecule has 7 nitrogen and oxygen atoms in total. The van der Waals surface area contributed by atoms with Gasteiger partial charge in [0.1, 0.15) is 0 Å². The maximum absolute atomic E-state index is 11.8. The van der Waals surface area contributed by atoms with Crippen LogP contribution in [0, 0.1) is 0 Å². The van der Waals surface area contributed by atoms with Gasteiger partial charge in [-0.25, -0.2) is 13.1 Å². The number of carbonyl (C=O) groups is 1. The first-order chi connectivity index (χ1) is 7.83. The monoisotopic (exact) mass is 267 g/mol. The van der Waals surface area contributed by atoms with Crippen LogP contribution in [0.2, 0.25) is 0 Å². The second-order valence-electron chi connectivity index (χ2n) is 4.18. The van der Waals surface area contributed by atoms with E-state index in [9.17, 15) is 18.3 Å². The number of aliphatic hydroxyl groups excluding tert-OH is 1. The zero-order valence-corrected chi connectivity index (χ0v) is 10.4. The van der Waals surface area contributed by atoms with Crippen molar-refractivity contribution in [1.29, 1.82) is 0 Å². The van der Waals surface area contributed by atoms with Gasteiger partial charge in [0, 0.05) is 13.2 Å². The molecule has 3 N–H and O–H groups in total. The van der Waals surface area contributed by atoms with Gasteiger partial charge in [-0.2, -0.15) is 0 Å². The Balaban J connectivity index is 2.83. The molecule has 1 saturated heterocycles. The molecular formula is C9H17NO6S. The average Bonchev–Trinajstić information content (AvgIpc) is 2.28. The Morgan fingerprint density at radius 1 is 1.47 bits per heavy atom. The van der Waals surface area contributed by atoms with Crippen LogP contribution in [0.25, 0.3) is 0 Å². The summed E-state index contributed by atoms with van der Waals surface area (Å²) in [6.07, 6.45) is 0.657. The minimum atomic E-state index is -3.99. The molecule has 0 aromatic rings. The predicted molar refractivity (Wildman–Crippen MR) is 59.0 cm³/mol. The molecule has 0 radical (unpaired) electrons. The van der Waals surface area contributed by atoms with E-state index >= 15 is 0 Å². The molecule has 17 heavy (non-hydrogen) atoms. The summed E-state index contributed by atoms with van der Waals surface area (Å²) in [4.78, 5) is 10.7. The number of carboxylic acid groups (broad SMARTS) is 1. The first kappa shape index (κ1) is 14.4. The quantitative estimate of drug-likeness (QED) is 0.584. The Labute approximate surface area is 99.8 Å². The predicted octanol–water partition coefficient (Wildman–Crippen LogP) is -1.08. The molecule has 1 fully saturated rings. The lowest BCUT2D eigenvalue weighted by atomic mass is 9.93. The van der Waals surface area contributed by atoms with Crippen LogP contribution in [-0.2, 0) is 19.6 Å². The van der Waals surface area contributed by atoms with E-state index in [1.165, 1.54) is 0 Å². The molecule has 1 aliphatic rings. The molecule has 0 saturated carbocycles. The van der Waals surface area contributed by atoms with Gasteiger partial charge in [0.2, 0.25) is 10.0 Å². The summed E-state index contributed by atoms with van der Waals surface area (Å²) in [6, 6.07) is 0. The Morgan fingerprint density at radius 2 is 2.00 bits per heavy atom. The minimum Gasteiger partial charge on any atom is -0.480 e. The van der Waals surface area contributed by atoms with E-state index in [0.29, 0.717) is 26.1 Å². The molecule has 1 heterocycles. The fourth-order valence-electron chi connectivity index (χ4n) is 1.58. The van der Waals surface area contributed by atoms with E-state index in [2.05, 4.69) is 4.72 Å². The van der Waals surface area contributed by atoms with E-state index in [-0.39, 0.29) is 6.61 Å². The summed E-state index contributed by atoms with van der Waals surface area (Å²) in [7, 11) is -3.99. The molecule has 1 rings (SSSR count). The maximum atomic E-state index is 11.8. The third kappa shape index (κ3) is 3.38. The summed E-state index contributed by atoms with van der Waals surface area (Å²) >= 11 is 0. The number of ether oxygens (including phenoxy) is 1. The molecule has 1 aliphatic heterocycles. The molecule has 0 bridgehead atoms. The smallest absolute Gasteiger partial charge is 0.323 e. The van der Waals surface area contributed by atoms with Gasteiger partial charge in [0.05, 0.1) is 12.1 Å². The van der Waals surface area contributed by atoms with Gasteiger partial charge < -0.3 is 14.9 Å². The third-order valence-electron chi connectivity index (χ3n) is 2.92. The topological polar surface area (TPSA) is 113 Å². The van der Waals surface area contributed by atoms with Crippen LogP contribution in [0.5, 0.6) is 0 Å². The lowest BCUT2D eigenvalue weighted by molar-refractivity contribution is -0.136. The second kappa shape index (κ2) is 5.30. The number of carboxylic acids is 1. The lowest BCUT2D eigenvalue weighted by Crippen LogP contribution is -2.57. The lowest BCUT2D eigenvalue weighted by Gasteiger charge is -2.36. The number of rotatable bonds is 5. The first-order valence-corrected chi connectivity index (χ1v) is 6.82. The highest BCUT2D eigenvalue weighted by Crippen LogP contribution is 2.22. The van der Waals surface area contributed by atoms with E-state index in [1.54, 1.807) is 0 Å². The molecular weight excluding hydrogens is 250 g/mol.